The van der Waals surface area contributed by atoms with Gasteiger partial charge in [-0.1, -0.05) is 36.4 Å². The maximum absolute atomic E-state index is 13.3. The van der Waals surface area contributed by atoms with E-state index in [9.17, 15) is 9.90 Å². The molecule has 1 aromatic heterocycles. The summed E-state index contributed by atoms with van der Waals surface area (Å²) in [6, 6.07) is 20.2. The number of benzene rings is 3. The van der Waals surface area contributed by atoms with Crippen LogP contribution in [-0.4, -0.2) is 14.7 Å². The number of hydrogen-bond acceptors (Lipinski definition) is 3. The van der Waals surface area contributed by atoms with E-state index in [1.807, 2.05) is 74.5 Å². The first-order valence-corrected chi connectivity index (χ1v) is 9.09. The van der Waals surface area contributed by atoms with Crippen molar-refractivity contribution in [2.24, 2.45) is 0 Å². The molecule has 1 N–H and O–H groups in total. The Hall–Kier alpha value is -3.66. The molecule has 138 valence electrons. The minimum atomic E-state index is -0.0980. The van der Waals surface area contributed by atoms with Crippen molar-refractivity contribution in [1.82, 2.24) is 9.55 Å². The van der Waals surface area contributed by atoms with Crippen molar-refractivity contribution in [2.75, 3.05) is 0 Å². The SMILES string of the molecule is Cc1ccc(-n2c(C=Cc3ccc(O)cc3)nc3ccccc3c2=O)cc1C. The van der Waals surface area contributed by atoms with Crippen molar-refractivity contribution >= 4 is 23.1 Å². The summed E-state index contributed by atoms with van der Waals surface area (Å²) in [4.78, 5) is 18.0. The highest BCUT2D eigenvalue weighted by Gasteiger charge is 2.11. The molecule has 4 heteroatoms. The number of fused-ring (bicyclic) bond motifs is 1. The average molecular weight is 368 g/mol. The van der Waals surface area contributed by atoms with Crippen LogP contribution in [0.15, 0.2) is 71.5 Å². The lowest BCUT2D eigenvalue weighted by Crippen LogP contribution is -2.22. The normalized spacial score (nSPS) is 11.4. The molecular weight excluding hydrogens is 348 g/mol. The van der Waals surface area contributed by atoms with E-state index in [1.54, 1.807) is 22.8 Å². The number of hydrogen-bond donors (Lipinski definition) is 1. The Bertz CT molecular complexity index is 1250. The first-order chi connectivity index (χ1) is 13.5. The molecule has 28 heavy (non-hydrogen) atoms. The van der Waals surface area contributed by atoms with Crippen molar-refractivity contribution in [3.63, 3.8) is 0 Å². The predicted molar refractivity (Wildman–Crippen MR) is 114 cm³/mol. The van der Waals surface area contributed by atoms with E-state index in [2.05, 4.69) is 0 Å². The number of nitrogens with zero attached hydrogens (tertiary/aromatic N) is 2. The summed E-state index contributed by atoms with van der Waals surface area (Å²) in [6.07, 6.45) is 3.71. The van der Waals surface area contributed by atoms with Gasteiger partial charge in [0.05, 0.1) is 16.6 Å². The van der Waals surface area contributed by atoms with Crippen LogP contribution in [0.25, 0.3) is 28.7 Å². The number of para-hydroxylation sites is 1. The van der Waals surface area contributed by atoms with Gasteiger partial charge in [-0.25, -0.2) is 4.98 Å². The first kappa shape index (κ1) is 17.7. The third-order valence-electron chi connectivity index (χ3n) is 4.87. The molecule has 0 aliphatic heterocycles. The van der Waals surface area contributed by atoms with Gasteiger partial charge in [0.15, 0.2) is 0 Å². The molecule has 4 rings (SSSR count). The van der Waals surface area contributed by atoms with Gasteiger partial charge in [-0.2, -0.15) is 0 Å². The highest BCUT2D eigenvalue weighted by atomic mass is 16.3. The molecule has 0 aliphatic rings. The summed E-state index contributed by atoms with van der Waals surface area (Å²) in [5.74, 6) is 0.771. The number of phenolic OH excluding ortho intramolecular Hbond substituents is 1. The van der Waals surface area contributed by atoms with Crippen LogP contribution in [0.1, 0.15) is 22.5 Å². The second-order valence-corrected chi connectivity index (χ2v) is 6.82. The van der Waals surface area contributed by atoms with Gasteiger partial charge in [0.25, 0.3) is 5.56 Å². The number of aryl methyl sites for hydroxylation is 2. The van der Waals surface area contributed by atoms with Crippen LogP contribution in [-0.2, 0) is 0 Å². The third-order valence-corrected chi connectivity index (χ3v) is 4.87. The van der Waals surface area contributed by atoms with Crippen molar-refractivity contribution in [3.05, 3.63) is 99.6 Å². The number of aromatic nitrogens is 2. The molecule has 0 saturated heterocycles. The van der Waals surface area contributed by atoms with Crippen molar-refractivity contribution in [1.29, 1.82) is 0 Å². The summed E-state index contributed by atoms with van der Waals surface area (Å²) in [7, 11) is 0. The summed E-state index contributed by atoms with van der Waals surface area (Å²) >= 11 is 0. The van der Waals surface area contributed by atoms with Crippen LogP contribution in [0.3, 0.4) is 0 Å². The Morgan fingerprint density at radius 3 is 2.39 bits per heavy atom. The summed E-state index contributed by atoms with van der Waals surface area (Å²) in [5.41, 5.74) is 4.55. The summed E-state index contributed by atoms with van der Waals surface area (Å²) in [6.45, 7) is 4.08. The molecule has 0 atom stereocenters. The lowest BCUT2D eigenvalue weighted by Gasteiger charge is -2.13. The first-order valence-electron chi connectivity index (χ1n) is 9.09. The molecule has 0 spiro atoms. The van der Waals surface area contributed by atoms with Gasteiger partial charge in [-0.05, 0) is 73.0 Å². The molecule has 4 aromatic rings. The van der Waals surface area contributed by atoms with Gasteiger partial charge in [-0.15, -0.1) is 0 Å². The molecule has 0 bridgehead atoms. The van der Waals surface area contributed by atoms with E-state index in [0.29, 0.717) is 16.7 Å². The van der Waals surface area contributed by atoms with Crippen molar-refractivity contribution in [3.8, 4) is 11.4 Å². The Morgan fingerprint density at radius 2 is 1.64 bits per heavy atom. The predicted octanol–water partition coefficient (Wildman–Crippen LogP) is 4.88. The van der Waals surface area contributed by atoms with E-state index in [4.69, 9.17) is 4.98 Å². The smallest absolute Gasteiger partial charge is 0.266 e. The highest BCUT2D eigenvalue weighted by Crippen LogP contribution is 2.18. The third kappa shape index (κ3) is 3.32. The van der Waals surface area contributed by atoms with Gasteiger partial charge >= 0.3 is 0 Å². The molecule has 0 aliphatic carbocycles. The molecule has 0 saturated carbocycles. The zero-order valence-corrected chi connectivity index (χ0v) is 15.8. The molecule has 4 nitrogen and oxygen atoms in total. The monoisotopic (exact) mass is 368 g/mol. The van der Waals surface area contributed by atoms with Gasteiger partial charge in [0, 0.05) is 0 Å². The maximum Gasteiger partial charge on any atom is 0.266 e. The van der Waals surface area contributed by atoms with Gasteiger partial charge < -0.3 is 5.11 Å². The lowest BCUT2D eigenvalue weighted by molar-refractivity contribution is 0.475. The molecule has 1 heterocycles. The highest BCUT2D eigenvalue weighted by molar-refractivity contribution is 5.80. The Morgan fingerprint density at radius 1 is 0.893 bits per heavy atom. The van der Waals surface area contributed by atoms with Crippen molar-refractivity contribution in [2.45, 2.75) is 13.8 Å². The van der Waals surface area contributed by atoms with Gasteiger partial charge in [-0.3, -0.25) is 9.36 Å². The Kier molecular flexibility index (Phi) is 4.53. The molecule has 0 amide bonds. The fraction of sp³-hybridized carbons (Fsp3) is 0.0833. The standard InChI is InChI=1S/C24H20N2O2/c1-16-7-11-19(15-17(16)2)26-23(14-10-18-8-12-20(27)13-9-18)25-22-6-4-3-5-21(22)24(26)28/h3-15,27H,1-2H3. The molecular formula is C24H20N2O2. The summed E-state index contributed by atoms with van der Waals surface area (Å²) in [5, 5.41) is 10.0. The number of rotatable bonds is 3. The number of phenols is 1. The molecule has 3 aromatic carbocycles. The fourth-order valence-corrected chi connectivity index (χ4v) is 3.13. The van der Waals surface area contributed by atoms with E-state index < -0.39 is 0 Å². The lowest BCUT2D eigenvalue weighted by atomic mass is 10.1. The minimum Gasteiger partial charge on any atom is -0.508 e. The molecule has 0 fully saturated rings. The van der Waals surface area contributed by atoms with Crippen LogP contribution in [0.4, 0.5) is 0 Å². The Balaban J connectivity index is 1.94. The maximum atomic E-state index is 13.3. The zero-order valence-electron chi connectivity index (χ0n) is 15.8. The topological polar surface area (TPSA) is 55.1 Å². The van der Waals surface area contributed by atoms with Crippen LogP contribution in [0.5, 0.6) is 5.75 Å². The van der Waals surface area contributed by atoms with E-state index in [1.165, 1.54) is 5.56 Å². The second kappa shape index (κ2) is 7.16. The zero-order chi connectivity index (χ0) is 19.7. The van der Waals surface area contributed by atoms with Gasteiger partial charge in [0.2, 0.25) is 0 Å². The molecule has 0 radical (unpaired) electrons. The number of aromatic hydroxyl groups is 1. The second-order valence-electron chi connectivity index (χ2n) is 6.82. The van der Waals surface area contributed by atoms with E-state index in [-0.39, 0.29) is 11.3 Å². The van der Waals surface area contributed by atoms with E-state index in [0.717, 1.165) is 16.8 Å². The van der Waals surface area contributed by atoms with Gasteiger partial charge in [0.1, 0.15) is 11.6 Å². The Labute approximate surface area is 163 Å². The fourth-order valence-electron chi connectivity index (χ4n) is 3.13. The van der Waals surface area contributed by atoms with E-state index >= 15 is 0 Å². The average Bonchev–Trinajstić information content (AvgIpc) is 2.70. The van der Waals surface area contributed by atoms with Crippen LogP contribution in [0, 0.1) is 13.8 Å². The minimum absolute atomic E-state index is 0.0980. The van der Waals surface area contributed by atoms with Crippen molar-refractivity contribution < 1.29 is 5.11 Å². The molecule has 0 unspecified atom stereocenters. The van der Waals surface area contributed by atoms with Crippen LogP contribution < -0.4 is 5.56 Å². The largest absolute Gasteiger partial charge is 0.508 e. The van der Waals surface area contributed by atoms with Crippen LogP contribution in [0.2, 0.25) is 0 Å². The summed E-state index contributed by atoms with van der Waals surface area (Å²) < 4.78 is 1.64. The quantitative estimate of drug-likeness (QED) is 0.561. The van der Waals surface area contributed by atoms with Crippen LogP contribution >= 0.6 is 0 Å².